The van der Waals surface area contributed by atoms with E-state index < -0.39 is 11.8 Å². The van der Waals surface area contributed by atoms with Crippen LogP contribution in [0.1, 0.15) is 31.2 Å². The minimum Gasteiger partial charge on any atom is -1.00 e. The first kappa shape index (κ1) is 19.5. The second-order valence-corrected chi connectivity index (χ2v) is 8.64. The molecule has 0 spiro atoms. The Labute approximate surface area is 163 Å². The second-order valence-electron chi connectivity index (χ2n) is 5.25. The second kappa shape index (κ2) is 7.59. The number of amides is 2. The molecule has 3 rings (SSSR count). The predicted octanol–water partition coefficient (Wildman–Crippen LogP) is 0.460. The monoisotopic (exact) mass is 424 g/mol. The van der Waals surface area contributed by atoms with Crippen LogP contribution in [0.25, 0.3) is 0 Å². The van der Waals surface area contributed by atoms with E-state index in [1.54, 1.807) is 0 Å². The van der Waals surface area contributed by atoms with E-state index in [-0.39, 0.29) is 12.4 Å². The molecular formula is C14H13Cl3N3O2S2-. The lowest BCUT2D eigenvalue weighted by molar-refractivity contribution is -0.0000203. The molecule has 0 atom stereocenters. The summed E-state index contributed by atoms with van der Waals surface area (Å²) in [4.78, 5) is 27.5. The van der Waals surface area contributed by atoms with Crippen LogP contribution in [0.3, 0.4) is 0 Å². The number of fused-ring (bicyclic) bond motifs is 1. The molecule has 1 aliphatic heterocycles. The molecule has 24 heavy (non-hydrogen) atoms. The summed E-state index contributed by atoms with van der Waals surface area (Å²) >= 11 is 14.4. The van der Waals surface area contributed by atoms with Crippen molar-refractivity contribution in [1.29, 1.82) is 0 Å². The number of rotatable bonds is 3. The van der Waals surface area contributed by atoms with Crippen LogP contribution in [0.15, 0.2) is 6.07 Å². The maximum Gasteiger partial charge on any atom is 0.258 e. The number of hydrogen-bond acceptors (Lipinski definition) is 5. The molecule has 0 fully saturated rings. The van der Waals surface area contributed by atoms with Crippen molar-refractivity contribution in [2.24, 2.45) is 5.73 Å². The van der Waals surface area contributed by atoms with Gasteiger partial charge in [-0.2, -0.15) is 0 Å². The number of halogens is 3. The molecule has 0 saturated heterocycles. The highest BCUT2D eigenvalue weighted by atomic mass is 35.5. The lowest BCUT2D eigenvalue weighted by atomic mass is 10.0. The SMILES string of the molecule is CN1CCc2c(sc(NC(=O)c3cc(Cl)sc3Cl)c2C(N)=O)C1.[Cl-]. The number of nitrogens with one attached hydrogen (secondary N) is 1. The Hall–Kier alpha value is -0.830. The van der Waals surface area contributed by atoms with Crippen molar-refractivity contribution in [1.82, 2.24) is 4.90 Å². The van der Waals surface area contributed by atoms with Crippen molar-refractivity contribution in [3.63, 3.8) is 0 Å². The fraction of sp³-hybridized carbons (Fsp3) is 0.286. The molecule has 0 bridgehead atoms. The van der Waals surface area contributed by atoms with Crippen LogP contribution in [0.2, 0.25) is 8.67 Å². The zero-order valence-corrected chi connectivity index (χ0v) is 16.4. The summed E-state index contributed by atoms with van der Waals surface area (Å²) in [6, 6.07) is 1.51. The molecule has 1 aliphatic rings. The van der Waals surface area contributed by atoms with Crippen LogP contribution in [-0.2, 0) is 13.0 Å². The summed E-state index contributed by atoms with van der Waals surface area (Å²) in [7, 11) is 2.01. The third-order valence-electron chi connectivity index (χ3n) is 3.62. The van der Waals surface area contributed by atoms with E-state index in [1.165, 1.54) is 17.4 Å². The van der Waals surface area contributed by atoms with Gasteiger partial charge in [-0.15, -0.1) is 22.7 Å². The summed E-state index contributed by atoms with van der Waals surface area (Å²) in [5.74, 6) is -0.926. The number of nitrogens with two attached hydrogens (primary N) is 1. The number of nitrogens with zero attached hydrogens (tertiary/aromatic N) is 1. The number of thiophene rings is 2. The number of likely N-dealkylation sites (N-methyl/N-ethyl adjacent to an activating group) is 1. The van der Waals surface area contributed by atoms with Gasteiger partial charge in [-0.3, -0.25) is 9.59 Å². The Morgan fingerprint density at radius 2 is 2.04 bits per heavy atom. The molecule has 0 aromatic carbocycles. The van der Waals surface area contributed by atoms with Gasteiger partial charge < -0.3 is 28.4 Å². The molecular weight excluding hydrogens is 413 g/mol. The van der Waals surface area contributed by atoms with Crippen LogP contribution in [-0.4, -0.2) is 30.3 Å². The quantitative estimate of drug-likeness (QED) is 0.750. The van der Waals surface area contributed by atoms with E-state index in [0.717, 1.165) is 41.3 Å². The van der Waals surface area contributed by atoms with Crippen LogP contribution >= 0.6 is 45.9 Å². The third-order valence-corrected chi connectivity index (χ3v) is 6.24. The topological polar surface area (TPSA) is 75.4 Å². The lowest BCUT2D eigenvalue weighted by Crippen LogP contribution is -3.00. The molecule has 0 unspecified atom stereocenters. The first-order valence-corrected chi connectivity index (χ1v) is 9.14. The Kier molecular flexibility index (Phi) is 6.17. The summed E-state index contributed by atoms with van der Waals surface area (Å²) in [5, 5.41) is 3.23. The van der Waals surface area contributed by atoms with Gasteiger partial charge in [0.1, 0.15) is 9.34 Å². The highest BCUT2D eigenvalue weighted by Gasteiger charge is 2.27. The van der Waals surface area contributed by atoms with Gasteiger partial charge in [-0.1, -0.05) is 23.2 Å². The predicted molar refractivity (Wildman–Crippen MR) is 95.2 cm³/mol. The highest BCUT2D eigenvalue weighted by Crippen LogP contribution is 2.38. The van der Waals surface area contributed by atoms with Gasteiger partial charge in [0.15, 0.2) is 0 Å². The van der Waals surface area contributed by atoms with Gasteiger partial charge in [0.05, 0.1) is 15.5 Å². The summed E-state index contributed by atoms with van der Waals surface area (Å²) in [6.07, 6.45) is 0.738. The van der Waals surface area contributed by atoms with E-state index in [4.69, 9.17) is 28.9 Å². The van der Waals surface area contributed by atoms with E-state index in [2.05, 4.69) is 10.2 Å². The normalized spacial score (nSPS) is 14.0. The van der Waals surface area contributed by atoms with E-state index in [9.17, 15) is 9.59 Å². The third kappa shape index (κ3) is 3.71. The van der Waals surface area contributed by atoms with Crippen LogP contribution < -0.4 is 23.5 Å². The Bertz CT molecular complexity index is 804. The average Bonchev–Trinajstić information content (AvgIpc) is 2.97. The molecule has 130 valence electrons. The molecule has 5 nitrogen and oxygen atoms in total. The average molecular weight is 426 g/mol. The van der Waals surface area contributed by atoms with Crippen molar-refractivity contribution in [2.45, 2.75) is 13.0 Å². The maximum atomic E-state index is 12.4. The molecule has 10 heteroatoms. The Morgan fingerprint density at radius 3 is 2.62 bits per heavy atom. The van der Waals surface area contributed by atoms with Crippen molar-refractivity contribution in [2.75, 3.05) is 18.9 Å². The number of anilines is 1. The molecule has 2 aromatic heterocycles. The highest BCUT2D eigenvalue weighted by molar-refractivity contribution is 7.20. The van der Waals surface area contributed by atoms with Gasteiger partial charge in [-0.05, 0) is 25.1 Å². The van der Waals surface area contributed by atoms with Crippen molar-refractivity contribution in [3.8, 4) is 0 Å². The minimum absolute atomic E-state index is 0. The molecule has 2 aromatic rings. The number of carbonyl (C=O) groups excluding carboxylic acids is 2. The van der Waals surface area contributed by atoms with E-state index >= 15 is 0 Å². The molecule has 2 amide bonds. The Morgan fingerprint density at radius 1 is 1.33 bits per heavy atom. The van der Waals surface area contributed by atoms with Crippen LogP contribution in [0, 0.1) is 0 Å². The Balaban J connectivity index is 0.00000208. The largest absolute Gasteiger partial charge is 1.00 e. The van der Waals surface area contributed by atoms with Crippen LogP contribution in [0.4, 0.5) is 5.00 Å². The van der Waals surface area contributed by atoms with Crippen molar-refractivity contribution < 1.29 is 22.0 Å². The summed E-state index contributed by atoms with van der Waals surface area (Å²) in [6.45, 7) is 1.59. The van der Waals surface area contributed by atoms with Crippen LogP contribution in [0.5, 0.6) is 0 Å². The molecule has 0 aliphatic carbocycles. The fourth-order valence-corrected chi connectivity index (χ4v) is 5.33. The van der Waals surface area contributed by atoms with Crippen molar-refractivity contribution >= 4 is 62.7 Å². The molecule has 0 radical (unpaired) electrons. The first-order chi connectivity index (χ1) is 10.9. The van der Waals surface area contributed by atoms with E-state index in [1.807, 2.05) is 7.05 Å². The van der Waals surface area contributed by atoms with E-state index in [0.29, 0.717) is 24.8 Å². The molecule has 0 saturated carbocycles. The minimum atomic E-state index is -0.531. The van der Waals surface area contributed by atoms with Gasteiger partial charge in [0, 0.05) is 18.0 Å². The molecule has 3 heterocycles. The van der Waals surface area contributed by atoms with Crippen molar-refractivity contribution in [3.05, 3.63) is 36.3 Å². The van der Waals surface area contributed by atoms with Gasteiger partial charge in [0.25, 0.3) is 11.8 Å². The molecule has 3 N–H and O–H groups in total. The zero-order chi connectivity index (χ0) is 16.7. The standard InChI is InChI=1S/C14H13Cl2N3O2S2.ClH/c1-19-3-2-6-8(5-19)22-14(10(6)12(17)20)18-13(21)7-4-9(15)23-11(7)16;/h4H,2-3,5H2,1H3,(H2,17,20)(H,18,21);1H/p-1. The van der Waals surface area contributed by atoms with Gasteiger partial charge in [0.2, 0.25) is 0 Å². The number of primary amides is 1. The van der Waals surface area contributed by atoms with Gasteiger partial charge >= 0.3 is 0 Å². The lowest BCUT2D eigenvalue weighted by Gasteiger charge is -2.22. The smallest absolute Gasteiger partial charge is 0.258 e. The van der Waals surface area contributed by atoms with Gasteiger partial charge in [-0.25, -0.2) is 0 Å². The summed E-state index contributed by atoms with van der Waals surface area (Å²) < 4.78 is 0.747. The fourth-order valence-electron chi connectivity index (χ4n) is 2.55. The maximum absolute atomic E-state index is 12.4. The summed E-state index contributed by atoms with van der Waals surface area (Å²) in [5.41, 5.74) is 7.16. The number of hydrogen-bond donors (Lipinski definition) is 2. The zero-order valence-electron chi connectivity index (χ0n) is 12.5. The first-order valence-electron chi connectivity index (χ1n) is 6.76. The number of carbonyl (C=O) groups is 2.